The molecule has 1 unspecified atom stereocenters. The second-order valence-electron chi connectivity index (χ2n) is 6.67. The number of rotatable bonds is 7. The fourth-order valence-electron chi connectivity index (χ4n) is 2.59. The largest absolute Gasteiger partial charge is 0.481 e. The predicted molar refractivity (Wildman–Crippen MR) is 123 cm³/mol. The highest BCUT2D eigenvalue weighted by Crippen LogP contribution is 2.22. The van der Waals surface area contributed by atoms with Crippen LogP contribution in [0.15, 0.2) is 83.1 Å². The minimum atomic E-state index is -4.34. The average molecular weight is 509 g/mol. The van der Waals surface area contributed by atoms with Crippen LogP contribution in [0.25, 0.3) is 16.8 Å². The molecule has 0 radical (unpaired) electrons. The molecule has 0 aliphatic heterocycles. The Bertz CT molecular complexity index is 1390. The Hall–Kier alpha value is -3.58. The van der Waals surface area contributed by atoms with Crippen LogP contribution < -0.4 is 0 Å². The summed E-state index contributed by atoms with van der Waals surface area (Å²) in [7, 11) is -8.47. The van der Waals surface area contributed by atoms with E-state index in [0.717, 1.165) is 5.39 Å². The summed E-state index contributed by atoms with van der Waals surface area (Å²) in [6, 6.07) is 20.2. The normalized spacial score (nSPS) is 12.5. The van der Waals surface area contributed by atoms with E-state index in [9.17, 15) is 26.4 Å². The maximum Gasteiger partial charge on any atom is 0.351 e. The van der Waals surface area contributed by atoms with E-state index in [1.165, 1.54) is 12.1 Å². The summed E-state index contributed by atoms with van der Waals surface area (Å²) in [4.78, 5) is 21.4. The maximum absolute atomic E-state index is 11.4. The maximum atomic E-state index is 11.4. The van der Waals surface area contributed by atoms with Gasteiger partial charge in [-0.15, -0.1) is 0 Å². The third-order valence-electron chi connectivity index (χ3n) is 4.09. The second kappa shape index (κ2) is 11.5. The van der Waals surface area contributed by atoms with Gasteiger partial charge in [-0.2, -0.15) is 16.8 Å². The van der Waals surface area contributed by atoms with Gasteiger partial charge in [0.2, 0.25) is 0 Å². The van der Waals surface area contributed by atoms with Gasteiger partial charge >= 0.3 is 22.1 Å². The van der Waals surface area contributed by atoms with Crippen LogP contribution in [-0.4, -0.2) is 49.6 Å². The zero-order chi connectivity index (χ0) is 25.4. The van der Waals surface area contributed by atoms with Gasteiger partial charge in [0.25, 0.3) is 10.1 Å². The van der Waals surface area contributed by atoms with E-state index in [0.29, 0.717) is 16.4 Å². The van der Waals surface area contributed by atoms with Crippen LogP contribution in [0.1, 0.15) is 12.0 Å². The minimum Gasteiger partial charge on any atom is -0.481 e. The second-order valence-corrected chi connectivity index (χ2v) is 9.49. The number of fused-ring (bicyclic) bond motifs is 1. The SMILES string of the molecule is O=C(O)CC(O)C(=O)OS(=O)(=O)C=Cc1ccccc1.O=S(=O)(O)c1cccc2ccccc12. The van der Waals surface area contributed by atoms with Crippen LogP contribution >= 0.6 is 0 Å². The van der Waals surface area contributed by atoms with E-state index in [1.807, 2.05) is 6.07 Å². The molecule has 0 saturated carbocycles. The van der Waals surface area contributed by atoms with Gasteiger partial charge in [0.1, 0.15) is 4.90 Å². The molecule has 0 aromatic heterocycles. The summed E-state index contributed by atoms with van der Waals surface area (Å²) in [5.41, 5.74) is 0.568. The first-order chi connectivity index (χ1) is 15.9. The lowest BCUT2D eigenvalue weighted by Crippen LogP contribution is -2.27. The van der Waals surface area contributed by atoms with Crippen molar-refractivity contribution in [1.82, 2.24) is 0 Å². The number of carbonyl (C=O) groups excluding carboxylic acids is 1. The van der Waals surface area contributed by atoms with Crippen LogP contribution in [0, 0.1) is 0 Å². The molecule has 0 fully saturated rings. The van der Waals surface area contributed by atoms with E-state index >= 15 is 0 Å². The van der Waals surface area contributed by atoms with Gasteiger partial charge in [-0.05, 0) is 23.1 Å². The number of carboxylic acid groups (broad SMARTS) is 1. The molecule has 0 saturated heterocycles. The van der Waals surface area contributed by atoms with E-state index < -0.39 is 44.7 Å². The first-order valence-corrected chi connectivity index (χ1v) is 12.4. The summed E-state index contributed by atoms with van der Waals surface area (Å²) < 4.78 is 57.9. The monoisotopic (exact) mass is 508 g/mol. The number of aliphatic carboxylic acids is 1. The van der Waals surface area contributed by atoms with Crippen molar-refractivity contribution in [3.63, 3.8) is 0 Å². The fourth-order valence-corrected chi connectivity index (χ4v) is 4.03. The minimum absolute atomic E-state index is 0.0457. The zero-order valence-corrected chi connectivity index (χ0v) is 19.0. The molecule has 0 spiro atoms. The molecular weight excluding hydrogens is 488 g/mol. The molecule has 12 heteroatoms. The molecule has 1 atom stereocenters. The van der Waals surface area contributed by atoms with Crippen molar-refractivity contribution in [2.75, 3.05) is 0 Å². The number of aliphatic hydroxyl groups excluding tert-OH is 1. The highest BCUT2D eigenvalue weighted by molar-refractivity contribution is 7.90. The van der Waals surface area contributed by atoms with Gasteiger partial charge in [-0.3, -0.25) is 9.35 Å². The average Bonchev–Trinajstić information content (AvgIpc) is 2.77. The van der Waals surface area contributed by atoms with Crippen molar-refractivity contribution in [3.8, 4) is 0 Å². The molecule has 0 heterocycles. The molecule has 3 aromatic carbocycles. The van der Waals surface area contributed by atoms with Crippen molar-refractivity contribution < 1.29 is 45.4 Å². The molecule has 0 bridgehead atoms. The molecule has 180 valence electrons. The number of benzene rings is 3. The van der Waals surface area contributed by atoms with Crippen molar-refractivity contribution in [2.24, 2.45) is 0 Å². The van der Waals surface area contributed by atoms with Gasteiger partial charge in [-0.25, -0.2) is 4.79 Å². The van der Waals surface area contributed by atoms with Gasteiger partial charge < -0.3 is 14.4 Å². The lowest BCUT2D eigenvalue weighted by atomic mass is 10.1. The van der Waals surface area contributed by atoms with Crippen LogP contribution in [0.4, 0.5) is 0 Å². The van der Waals surface area contributed by atoms with E-state index in [4.69, 9.17) is 14.8 Å². The van der Waals surface area contributed by atoms with Crippen LogP contribution in [0.3, 0.4) is 0 Å². The molecule has 3 aromatic rings. The molecular formula is C22H20O10S2. The third kappa shape index (κ3) is 8.41. The van der Waals surface area contributed by atoms with Crippen molar-refractivity contribution in [2.45, 2.75) is 17.4 Å². The van der Waals surface area contributed by atoms with E-state index in [-0.39, 0.29) is 4.90 Å². The Labute approximate surface area is 195 Å². The summed E-state index contributed by atoms with van der Waals surface area (Å²) >= 11 is 0. The molecule has 34 heavy (non-hydrogen) atoms. The highest BCUT2D eigenvalue weighted by Gasteiger charge is 2.24. The number of hydrogen-bond donors (Lipinski definition) is 3. The predicted octanol–water partition coefficient (Wildman–Crippen LogP) is 2.45. The molecule has 3 N–H and O–H groups in total. The van der Waals surface area contributed by atoms with Crippen LogP contribution in [-0.2, 0) is 34.0 Å². The Morgan fingerprint density at radius 2 is 1.47 bits per heavy atom. The number of aliphatic hydroxyl groups is 1. The smallest absolute Gasteiger partial charge is 0.351 e. The third-order valence-corrected chi connectivity index (χ3v) is 5.87. The zero-order valence-electron chi connectivity index (χ0n) is 17.4. The topological polar surface area (TPSA) is 172 Å². The standard InChI is InChI=1S/C12H12O7S.C10H8O3S/c13-10(8-11(14)15)12(16)19-20(17,18)7-6-9-4-2-1-3-5-9;11-14(12,13)10-7-3-5-8-4-1-2-6-9(8)10/h1-7,10,13H,8H2,(H,14,15);1-7H,(H,11,12,13). The molecule has 0 aliphatic rings. The highest BCUT2D eigenvalue weighted by atomic mass is 32.2. The Morgan fingerprint density at radius 3 is 2.09 bits per heavy atom. The summed E-state index contributed by atoms with van der Waals surface area (Å²) in [6.45, 7) is 0. The van der Waals surface area contributed by atoms with Crippen molar-refractivity contribution in [1.29, 1.82) is 0 Å². The summed E-state index contributed by atoms with van der Waals surface area (Å²) in [6.07, 6.45) is -1.77. The van der Waals surface area contributed by atoms with E-state index in [1.54, 1.807) is 60.7 Å². The van der Waals surface area contributed by atoms with Crippen molar-refractivity contribution in [3.05, 3.63) is 83.8 Å². The van der Waals surface area contributed by atoms with E-state index in [2.05, 4.69) is 4.18 Å². The number of carbonyl (C=O) groups is 2. The van der Waals surface area contributed by atoms with Gasteiger partial charge in [-0.1, -0.05) is 66.7 Å². The Morgan fingerprint density at radius 1 is 0.882 bits per heavy atom. The Kier molecular flexibility index (Phi) is 9.04. The summed E-state index contributed by atoms with van der Waals surface area (Å²) in [5, 5.41) is 19.4. The van der Waals surface area contributed by atoms with Gasteiger partial charge in [0.15, 0.2) is 6.10 Å². The quantitative estimate of drug-likeness (QED) is 0.318. The molecule has 10 nitrogen and oxygen atoms in total. The first kappa shape index (κ1) is 26.7. The van der Waals surface area contributed by atoms with Gasteiger partial charge in [0, 0.05) is 5.39 Å². The lowest BCUT2D eigenvalue weighted by Gasteiger charge is -2.06. The van der Waals surface area contributed by atoms with Gasteiger partial charge in [0.05, 0.1) is 11.8 Å². The molecule has 3 rings (SSSR count). The molecule has 0 amide bonds. The molecule has 0 aliphatic carbocycles. The number of carboxylic acids is 1. The van der Waals surface area contributed by atoms with Crippen LogP contribution in [0.5, 0.6) is 0 Å². The van der Waals surface area contributed by atoms with Crippen LogP contribution in [0.2, 0.25) is 0 Å². The number of hydrogen-bond acceptors (Lipinski definition) is 8. The summed E-state index contributed by atoms with van der Waals surface area (Å²) in [5.74, 6) is -2.99. The first-order valence-electron chi connectivity index (χ1n) is 9.45. The lowest BCUT2D eigenvalue weighted by molar-refractivity contribution is -0.150. The van der Waals surface area contributed by atoms with Crippen molar-refractivity contribution >= 4 is 49.0 Å². The fraction of sp³-hybridized carbons (Fsp3) is 0.0909. The Balaban J connectivity index is 0.000000254.